The number of nitrogens with one attached hydrogen (secondary N) is 2. The van der Waals surface area contributed by atoms with E-state index < -0.39 is 0 Å². The van der Waals surface area contributed by atoms with Crippen LogP contribution in [0.3, 0.4) is 0 Å². The number of amides is 1. The molecule has 0 fully saturated rings. The largest absolute Gasteiger partial charge is 0.321 e. The Kier molecular flexibility index (Phi) is 4.76. The minimum absolute atomic E-state index is 0.188. The third-order valence-electron chi connectivity index (χ3n) is 3.66. The van der Waals surface area contributed by atoms with E-state index in [1.54, 1.807) is 12.1 Å². The zero-order chi connectivity index (χ0) is 18.0. The summed E-state index contributed by atoms with van der Waals surface area (Å²) < 4.78 is 0. The van der Waals surface area contributed by atoms with Crippen LogP contribution >= 0.6 is 11.3 Å². The molecule has 0 bridgehead atoms. The van der Waals surface area contributed by atoms with Crippen LogP contribution in [0.25, 0.3) is 11.4 Å². The zero-order valence-corrected chi connectivity index (χ0v) is 15.0. The van der Waals surface area contributed by atoms with E-state index in [4.69, 9.17) is 0 Å². The first-order chi connectivity index (χ1) is 12.0. The highest BCUT2D eigenvalue weighted by molar-refractivity contribution is 7.13. The number of hydrogen-bond acceptors (Lipinski definition) is 5. The summed E-state index contributed by atoms with van der Waals surface area (Å²) in [5.74, 6) is 0.300. The Bertz CT molecular complexity index is 991. The summed E-state index contributed by atoms with van der Waals surface area (Å²) in [5, 5.41) is 3.73. The molecule has 128 valence electrons. The van der Waals surface area contributed by atoms with Crippen molar-refractivity contribution in [1.29, 1.82) is 0 Å². The second-order valence-electron chi connectivity index (χ2n) is 5.62. The van der Waals surface area contributed by atoms with Crippen molar-refractivity contribution in [3.8, 4) is 11.4 Å². The Balaban J connectivity index is 1.89. The molecule has 1 amide bonds. The molecule has 2 aromatic heterocycles. The zero-order valence-electron chi connectivity index (χ0n) is 14.2. The summed E-state index contributed by atoms with van der Waals surface area (Å²) in [6, 6.07) is 8.74. The lowest BCUT2D eigenvalue weighted by Crippen LogP contribution is -2.12. The molecule has 0 aliphatic rings. The van der Waals surface area contributed by atoms with Gasteiger partial charge in [0, 0.05) is 23.0 Å². The van der Waals surface area contributed by atoms with Crippen molar-refractivity contribution >= 4 is 22.9 Å². The van der Waals surface area contributed by atoms with Crippen LogP contribution in [0.15, 0.2) is 35.1 Å². The van der Waals surface area contributed by atoms with E-state index >= 15 is 0 Å². The molecular formula is C18H18N4O2S. The maximum atomic E-state index is 12.4. The lowest BCUT2D eigenvalue weighted by Gasteiger charge is -2.07. The number of H-pyrrole nitrogens is 1. The second-order valence-corrected chi connectivity index (χ2v) is 6.82. The minimum atomic E-state index is -0.191. The van der Waals surface area contributed by atoms with E-state index in [2.05, 4.69) is 20.3 Å². The SMILES string of the molecule is CCc1cc(=O)[nH]c(-c2cccc(NC(=O)c3sc(C)nc3C)c2)n1. The fourth-order valence-corrected chi connectivity index (χ4v) is 3.31. The number of anilines is 1. The van der Waals surface area contributed by atoms with Gasteiger partial charge in [0.15, 0.2) is 0 Å². The highest BCUT2D eigenvalue weighted by Gasteiger charge is 2.14. The third-order valence-corrected chi connectivity index (χ3v) is 4.73. The molecule has 0 saturated carbocycles. The van der Waals surface area contributed by atoms with E-state index in [1.807, 2.05) is 32.9 Å². The van der Waals surface area contributed by atoms with Crippen molar-refractivity contribution in [2.24, 2.45) is 0 Å². The first-order valence-corrected chi connectivity index (χ1v) is 8.74. The number of hydrogen-bond donors (Lipinski definition) is 2. The van der Waals surface area contributed by atoms with Crippen molar-refractivity contribution in [2.75, 3.05) is 5.32 Å². The molecule has 3 aromatic rings. The van der Waals surface area contributed by atoms with Crippen LogP contribution in [0.5, 0.6) is 0 Å². The summed E-state index contributed by atoms with van der Waals surface area (Å²) in [6.45, 7) is 5.64. The molecule has 25 heavy (non-hydrogen) atoms. The molecule has 0 aliphatic carbocycles. The highest BCUT2D eigenvalue weighted by Crippen LogP contribution is 2.22. The quantitative estimate of drug-likeness (QED) is 0.752. The van der Waals surface area contributed by atoms with Gasteiger partial charge in [-0.25, -0.2) is 9.97 Å². The number of aryl methyl sites for hydroxylation is 3. The summed E-state index contributed by atoms with van der Waals surface area (Å²) in [5.41, 5.74) is 2.63. The molecule has 0 atom stereocenters. The van der Waals surface area contributed by atoms with Gasteiger partial charge in [0.2, 0.25) is 0 Å². The topological polar surface area (TPSA) is 87.7 Å². The molecular weight excluding hydrogens is 336 g/mol. The van der Waals surface area contributed by atoms with E-state index in [0.717, 1.165) is 22.0 Å². The van der Waals surface area contributed by atoms with Gasteiger partial charge in [-0.3, -0.25) is 9.59 Å². The van der Waals surface area contributed by atoms with Gasteiger partial charge >= 0.3 is 0 Å². The Labute approximate surface area is 149 Å². The predicted octanol–water partition coefficient (Wildman–Crippen LogP) is 3.32. The average Bonchev–Trinajstić information content (AvgIpc) is 2.93. The maximum Gasteiger partial charge on any atom is 0.267 e. The molecule has 0 unspecified atom stereocenters. The third kappa shape index (κ3) is 3.83. The van der Waals surface area contributed by atoms with Gasteiger partial charge in [0.05, 0.1) is 10.7 Å². The van der Waals surface area contributed by atoms with Gasteiger partial charge in [-0.1, -0.05) is 19.1 Å². The van der Waals surface area contributed by atoms with Gasteiger partial charge in [0.25, 0.3) is 11.5 Å². The van der Waals surface area contributed by atoms with E-state index in [0.29, 0.717) is 22.8 Å². The van der Waals surface area contributed by atoms with Crippen LogP contribution in [0.1, 0.15) is 33.0 Å². The van der Waals surface area contributed by atoms with Crippen LogP contribution in [0.2, 0.25) is 0 Å². The number of carbonyl (C=O) groups excluding carboxylic acids is 1. The first kappa shape index (κ1) is 17.0. The Morgan fingerprint density at radius 1 is 1.24 bits per heavy atom. The molecule has 7 heteroatoms. The van der Waals surface area contributed by atoms with Crippen molar-refractivity contribution in [2.45, 2.75) is 27.2 Å². The van der Waals surface area contributed by atoms with Crippen molar-refractivity contribution in [1.82, 2.24) is 15.0 Å². The standard InChI is InChI=1S/C18H18N4O2S/c1-4-13-9-15(23)22-17(20-13)12-6-5-7-14(8-12)21-18(24)16-10(2)19-11(3)25-16/h5-9H,4H2,1-3H3,(H,21,24)(H,20,22,23). The molecule has 2 heterocycles. The molecule has 0 spiro atoms. The van der Waals surface area contributed by atoms with E-state index in [1.165, 1.54) is 17.4 Å². The number of nitrogens with zero attached hydrogens (tertiary/aromatic N) is 2. The molecule has 0 saturated heterocycles. The predicted molar refractivity (Wildman–Crippen MR) is 99.2 cm³/mol. The normalized spacial score (nSPS) is 10.7. The maximum absolute atomic E-state index is 12.4. The molecule has 6 nitrogen and oxygen atoms in total. The highest BCUT2D eigenvalue weighted by atomic mass is 32.1. The van der Waals surface area contributed by atoms with Crippen LogP contribution in [-0.2, 0) is 6.42 Å². The van der Waals surface area contributed by atoms with Gasteiger partial charge in [-0.15, -0.1) is 11.3 Å². The Morgan fingerprint density at radius 2 is 2.04 bits per heavy atom. The lowest BCUT2D eigenvalue weighted by molar-refractivity contribution is 0.103. The van der Waals surface area contributed by atoms with E-state index in [-0.39, 0.29) is 11.5 Å². The molecule has 0 aliphatic heterocycles. The monoisotopic (exact) mass is 354 g/mol. The summed E-state index contributed by atoms with van der Waals surface area (Å²) >= 11 is 1.37. The fourth-order valence-electron chi connectivity index (χ4n) is 2.50. The van der Waals surface area contributed by atoms with Crippen LogP contribution in [0, 0.1) is 13.8 Å². The van der Waals surface area contributed by atoms with Gasteiger partial charge < -0.3 is 10.3 Å². The Hall–Kier alpha value is -2.80. The summed E-state index contributed by atoms with van der Waals surface area (Å²) in [7, 11) is 0. The number of carbonyl (C=O) groups is 1. The fraction of sp³-hybridized carbons (Fsp3) is 0.222. The smallest absolute Gasteiger partial charge is 0.267 e. The average molecular weight is 354 g/mol. The van der Waals surface area contributed by atoms with Gasteiger partial charge in [0.1, 0.15) is 10.7 Å². The number of thiazole rings is 1. The first-order valence-electron chi connectivity index (χ1n) is 7.92. The van der Waals surface area contributed by atoms with Crippen molar-refractivity contribution < 1.29 is 4.79 Å². The number of aromatic nitrogens is 3. The number of rotatable bonds is 4. The van der Waals surface area contributed by atoms with Crippen LogP contribution < -0.4 is 10.9 Å². The number of benzene rings is 1. The number of aromatic amines is 1. The van der Waals surface area contributed by atoms with Crippen molar-refractivity contribution in [3.63, 3.8) is 0 Å². The molecule has 2 N–H and O–H groups in total. The second kappa shape index (κ2) is 6.98. The van der Waals surface area contributed by atoms with E-state index in [9.17, 15) is 9.59 Å². The van der Waals surface area contributed by atoms with Crippen molar-refractivity contribution in [3.05, 3.63) is 62.0 Å². The summed E-state index contributed by atoms with van der Waals surface area (Å²) in [4.78, 5) is 36.2. The lowest BCUT2D eigenvalue weighted by atomic mass is 10.1. The van der Waals surface area contributed by atoms with Crippen LogP contribution in [0.4, 0.5) is 5.69 Å². The molecule has 3 rings (SSSR count). The summed E-state index contributed by atoms with van der Waals surface area (Å²) in [6.07, 6.45) is 0.678. The molecule has 1 aromatic carbocycles. The Morgan fingerprint density at radius 3 is 2.72 bits per heavy atom. The minimum Gasteiger partial charge on any atom is -0.321 e. The molecule has 0 radical (unpaired) electrons. The van der Waals surface area contributed by atoms with Gasteiger partial charge in [-0.2, -0.15) is 0 Å². The van der Waals surface area contributed by atoms with Gasteiger partial charge in [-0.05, 0) is 32.4 Å². The van der Waals surface area contributed by atoms with Crippen LogP contribution in [-0.4, -0.2) is 20.9 Å².